The first kappa shape index (κ1) is 18.1. The molecular formula is C20H23N3O3. The van der Waals surface area contributed by atoms with Gasteiger partial charge in [-0.1, -0.05) is 30.3 Å². The SMILES string of the molecule is CC(=O)C(CN1CCN(c2ccncc2)CC1)(C(=O)O)c1ccccc1. The second-order valence-electron chi connectivity index (χ2n) is 6.60. The fourth-order valence-corrected chi connectivity index (χ4v) is 3.52. The highest BCUT2D eigenvalue weighted by atomic mass is 16.4. The van der Waals surface area contributed by atoms with E-state index < -0.39 is 11.4 Å². The van der Waals surface area contributed by atoms with Gasteiger partial charge < -0.3 is 10.0 Å². The van der Waals surface area contributed by atoms with Crippen LogP contribution in [0.15, 0.2) is 54.9 Å². The fourth-order valence-electron chi connectivity index (χ4n) is 3.52. The molecule has 0 spiro atoms. The Morgan fingerprint density at radius 2 is 1.65 bits per heavy atom. The quantitative estimate of drug-likeness (QED) is 0.799. The molecule has 0 amide bonds. The molecular weight excluding hydrogens is 330 g/mol. The normalized spacial score (nSPS) is 17.5. The van der Waals surface area contributed by atoms with E-state index in [2.05, 4.69) is 14.8 Å². The van der Waals surface area contributed by atoms with Gasteiger partial charge in [0.25, 0.3) is 0 Å². The number of aromatic nitrogens is 1. The van der Waals surface area contributed by atoms with Crippen LogP contribution in [0.3, 0.4) is 0 Å². The molecule has 0 aliphatic carbocycles. The van der Waals surface area contributed by atoms with Crippen molar-refractivity contribution in [3.05, 3.63) is 60.4 Å². The highest BCUT2D eigenvalue weighted by Crippen LogP contribution is 2.28. The average Bonchev–Trinajstić information content (AvgIpc) is 2.67. The van der Waals surface area contributed by atoms with Crippen molar-refractivity contribution in [1.29, 1.82) is 0 Å². The van der Waals surface area contributed by atoms with Crippen LogP contribution in [0.1, 0.15) is 12.5 Å². The first-order valence-electron chi connectivity index (χ1n) is 8.71. The second kappa shape index (κ2) is 7.66. The molecule has 2 heterocycles. The number of Topliss-reactive ketones (excluding diaryl/α,β-unsaturated/α-hetero) is 1. The molecule has 1 saturated heterocycles. The largest absolute Gasteiger partial charge is 0.480 e. The number of ketones is 1. The third-order valence-electron chi connectivity index (χ3n) is 5.09. The van der Waals surface area contributed by atoms with E-state index in [9.17, 15) is 14.7 Å². The number of piperazine rings is 1. The molecule has 6 heteroatoms. The minimum absolute atomic E-state index is 0.186. The van der Waals surface area contributed by atoms with Gasteiger partial charge in [0.1, 0.15) is 0 Å². The Bertz CT molecular complexity index is 742. The summed E-state index contributed by atoms with van der Waals surface area (Å²) < 4.78 is 0. The number of aliphatic carboxylic acids is 1. The highest BCUT2D eigenvalue weighted by Gasteiger charge is 2.46. The number of nitrogens with zero attached hydrogens (tertiary/aromatic N) is 3. The standard InChI is InChI=1S/C20H23N3O3/c1-16(24)20(19(25)26,17-5-3-2-4-6-17)15-22-11-13-23(14-12-22)18-7-9-21-10-8-18/h2-10H,11-15H2,1H3,(H,25,26). The second-order valence-corrected chi connectivity index (χ2v) is 6.60. The lowest BCUT2D eigenvalue weighted by Crippen LogP contribution is -2.56. The maximum atomic E-state index is 12.4. The van der Waals surface area contributed by atoms with Crippen molar-refractivity contribution in [3.8, 4) is 0 Å². The number of hydrogen-bond donors (Lipinski definition) is 1. The number of carbonyl (C=O) groups is 2. The third kappa shape index (κ3) is 3.46. The number of carboxylic acids is 1. The van der Waals surface area contributed by atoms with Gasteiger partial charge in [-0.05, 0) is 24.6 Å². The van der Waals surface area contributed by atoms with E-state index in [1.165, 1.54) is 6.92 Å². The summed E-state index contributed by atoms with van der Waals surface area (Å²) in [6.07, 6.45) is 3.53. The van der Waals surface area contributed by atoms with Crippen LogP contribution >= 0.6 is 0 Å². The van der Waals surface area contributed by atoms with Crippen LogP contribution in [-0.4, -0.2) is 59.5 Å². The highest BCUT2D eigenvalue weighted by molar-refractivity contribution is 6.08. The molecule has 0 bridgehead atoms. The molecule has 6 nitrogen and oxygen atoms in total. The van der Waals surface area contributed by atoms with Crippen molar-refractivity contribution >= 4 is 17.4 Å². The molecule has 0 saturated carbocycles. The van der Waals surface area contributed by atoms with E-state index >= 15 is 0 Å². The van der Waals surface area contributed by atoms with Gasteiger partial charge in [0.2, 0.25) is 0 Å². The van der Waals surface area contributed by atoms with Crippen LogP contribution in [0.4, 0.5) is 5.69 Å². The minimum atomic E-state index is -1.53. The molecule has 1 aliphatic rings. The van der Waals surface area contributed by atoms with E-state index in [1.54, 1.807) is 36.7 Å². The summed E-state index contributed by atoms with van der Waals surface area (Å²) in [5, 5.41) is 9.94. The van der Waals surface area contributed by atoms with Gasteiger partial charge in [0.05, 0.1) is 0 Å². The molecule has 1 atom stereocenters. The first-order valence-corrected chi connectivity index (χ1v) is 8.71. The van der Waals surface area contributed by atoms with Crippen LogP contribution in [0.5, 0.6) is 0 Å². The van der Waals surface area contributed by atoms with Gasteiger partial charge in [0, 0.05) is 50.8 Å². The smallest absolute Gasteiger partial charge is 0.323 e. The van der Waals surface area contributed by atoms with E-state index in [0.717, 1.165) is 18.8 Å². The summed E-state index contributed by atoms with van der Waals surface area (Å²) in [5.74, 6) is -1.43. The number of hydrogen-bond acceptors (Lipinski definition) is 5. The summed E-state index contributed by atoms with van der Waals surface area (Å²) in [6.45, 7) is 4.54. The number of rotatable bonds is 6. The molecule has 136 valence electrons. The Kier molecular flexibility index (Phi) is 5.32. The minimum Gasteiger partial charge on any atom is -0.480 e. The zero-order valence-corrected chi connectivity index (χ0v) is 14.8. The van der Waals surface area contributed by atoms with Crippen molar-refractivity contribution in [2.75, 3.05) is 37.6 Å². The topological polar surface area (TPSA) is 73.7 Å². The lowest BCUT2D eigenvalue weighted by Gasteiger charge is -2.40. The van der Waals surface area contributed by atoms with Gasteiger partial charge in [-0.3, -0.25) is 19.5 Å². The molecule has 3 rings (SSSR count). The number of benzene rings is 1. The predicted molar refractivity (Wildman–Crippen MR) is 99.3 cm³/mol. The Morgan fingerprint density at radius 1 is 1.04 bits per heavy atom. The summed E-state index contributed by atoms with van der Waals surface area (Å²) in [5.41, 5.74) is 0.121. The molecule has 26 heavy (non-hydrogen) atoms. The average molecular weight is 353 g/mol. The third-order valence-corrected chi connectivity index (χ3v) is 5.09. The Hall–Kier alpha value is -2.73. The molecule has 1 aromatic heterocycles. The molecule has 1 unspecified atom stereocenters. The van der Waals surface area contributed by atoms with Crippen molar-refractivity contribution in [3.63, 3.8) is 0 Å². The van der Waals surface area contributed by atoms with Crippen LogP contribution in [0.2, 0.25) is 0 Å². The molecule has 1 aliphatic heterocycles. The molecule has 1 N–H and O–H groups in total. The number of carboxylic acid groups (broad SMARTS) is 1. The Morgan fingerprint density at radius 3 is 2.19 bits per heavy atom. The van der Waals surface area contributed by atoms with E-state index in [4.69, 9.17) is 0 Å². The number of pyridine rings is 1. The predicted octanol–water partition coefficient (Wildman–Crippen LogP) is 1.82. The maximum Gasteiger partial charge on any atom is 0.323 e. The van der Waals surface area contributed by atoms with Gasteiger partial charge in [-0.15, -0.1) is 0 Å². The van der Waals surface area contributed by atoms with Gasteiger partial charge >= 0.3 is 5.97 Å². The summed E-state index contributed by atoms with van der Waals surface area (Å²) in [7, 11) is 0. The Balaban J connectivity index is 1.77. The zero-order valence-electron chi connectivity index (χ0n) is 14.8. The summed E-state index contributed by atoms with van der Waals surface area (Å²) >= 11 is 0. The zero-order chi connectivity index (χ0) is 18.6. The molecule has 1 fully saturated rings. The fraction of sp³-hybridized carbons (Fsp3) is 0.350. The van der Waals surface area contributed by atoms with E-state index in [0.29, 0.717) is 18.7 Å². The van der Waals surface area contributed by atoms with Crippen LogP contribution in [0.25, 0.3) is 0 Å². The number of carbonyl (C=O) groups excluding carboxylic acids is 1. The van der Waals surface area contributed by atoms with Gasteiger partial charge in [-0.2, -0.15) is 0 Å². The number of anilines is 1. The van der Waals surface area contributed by atoms with Crippen molar-refractivity contribution < 1.29 is 14.7 Å². The van der Waals surface area contributed by atoms with Crippen molar-refractivity contribution in [2.24, 2.45) is 0 Å². The van der Waals surface area contributed by atoms with Gasteiger partial charge in [0.15, 0.2) is 11.2 Å². The van der Waals surface area contributed by atoms with E-state index in [-0.39, 0.29) is 12.3 Å². The van der Waals surface area contributed by atoms with Crippen molar-refractivity contribution in [2.45, 2.75) is 12.3 Å². The van der Waals surface area contributed by atoms with Gasteiger partial charge in [-0.25, -0.2) is 0 Å². The van der Waals surface area contributed by atoms with Crippen LogP contribution in [-0.2, 0) is 15.0 Å². The lowest BCUT2D eigenvalue weighted by atomic mass is 9.76. The summed E-state index contributed by atoms with van der Waals surface area (Å²) in [4.78, 5) is 33.0. The lowest BCUT2D eigenvalue weighted by molar-refractivity contribution is -0.149. The molecule has 1 aromatic carbocycles. The summed E-state index contributed by atoms with van der Waals surface area (Å²) in [6, 6.07) is 12.8. The molecule has 0 radical (unpaired) electrons. The monoisotopic (exact) mass is 353 g/mol. The first-order chi connectivity index (χ1) is 12.5. The molecule has 2 aromatic rings. The van der Waals surface area contributed by atoms with Crippen LogP contribution in [0, 0.1) is 0 Å². The Labute approximate surface area is 153 Å². The van der Waals surface area contributed by atoms with E-state index in [1.807, 2.05) is 18.2 Å². The van der Waals surface area contributed by atoms with Crippen LogP contribution < -0.4 is 4.90 Å². The maximum absolute atomic E-state index is 12.4. The van der Waals surface area contributed by atoms with Crippen molar-refractivity contribution in [1.82, 2.24) is 9.88 Å².